The van der Waals surface area contributed by atoms with Crippen LogP contribution in [0.25, 0.3) is 0 Å². The van der Waals surface area contributed by atoms with Crippen molar-refractivity contribution in [1.29, 1.82) is 0 Å². The molecule has 0 aromatic carbocycles. The number of carbonyl (C=O) groups excluding carboxylic acids is 2. The van der Waals surface area contributed by atoms with Crippen molar-refractivity contribution in [3.63, 3.8) is 0 Å². The highest BCUT2D eigenvalue weighted by atomic mass is 16.5. The van der Waals surface area contributed by atoms with Crippen molar-refractivity contribution in [2.24, 2.45) is 5.92 Å². The lowest BCUT2D eigenvalue weighted by atomic mass is 9.78. The van der Waals surface area contributed by atoms with E-state index in [-0.39, 0.29) is 12.5 Å². The molecule has 1 saturated carbocycles. The predicted octanol–water partition coefficient (Wildman–Crippen LogP) is 2.35. The molecule has 5 heteroatoms. The minimum atomic E-state index is -0.467. The van der Waals surface area contributed by atoms with Crippen molar-refractivity contribution < 1.29 is 14.3 Å². The van der Waals surface area contributed by atoms with Crippen LogP contribution in [0.1, 0.15) is 49.0 Å². The van der Waals surface area contributed by atoms with E-state index in [9.17, 15) is 9.59 Å². The van der Waals surface area contributed by atoms with Crippen LogP contribution in [0.15, 0.2) is 18.3 Å². The Balaban J connectivity index is 1.55. The molecule has 2 aliphatic rings. The largest absolute Gasteiger partial charge is 0.451 e. The van der Waals surface area contributed by atoms with Crippen molar-refractivity contribution in [2.45, 2.75) is 44.6 Å². The molecular formula is C16H22N2O3. The first kappa shape index (κ1) is 14.2. The number of amides is 1. The van der Waals surface area contributed by atoms with Gasteiger partial charge in [-0.25, -0.2) is 4.79 Å². The number of aromatic nitrogens is 1. The summed E-state index contributed by atoms with van der Waals surface area (Å²) in [5.74, 6) is 0.132. The van der Waals surface area contributed by atoms with Gasteiger partial charge in [-0.1, -0.05) is 12.8 Å². The lowest BCUT2D eigenvalue weighted by molar-refractivity contribution is -0.140. The Kier molecular flexibility index (Phi) is 4.27. The monoisotopic (exact) mass is 290 g/mol. The number of aromatic amines is 1. The summed E-state index contributed by atoms with van der Waals surface area (Å²) >= 11 is 0. The van der Waals surface area contributed by atoms with Crippen molar-refractivity contribution in [3.05, 3.63) is 24.0 Å². The van der Waals surface area contributed by atoms with Gasteiger partial charge in [0.2, 0.25) is 0 Å². The number of esters is 1. The van der Waals surface area contributed by atoms with E-state index in [4.69, 9.17) is 4.74 Å². The zero-order chi connectivity index (χ0) is 14.7. The summed E-state index contributed by atoms with van der Waals surface area (Å²) in [6, 6.07) is 3.74. The van der Waals surface area contributed by atoms with Crippen molar-refractivity contribution in [3.8, 4) is 0 Å². The molecule has 0 bridgehead atoms. The summed E-state index contributed by atoms with van der Waals surface area (Å²) in [7, 11) is 0. The number of nitrogens with one attached hydrogen (secondary N) is 1. The smallest absolute Gasteiger partial charge is 0.355 e. The first-order chi connectivity index (χ1) is 10.3. The van der Waals surface area contributed by atoms with Gasteiger partial charge in [-0.05, 0) is 43.7 Å². The van der Waals surface area contributed by atoms with Crippen molar-refractivity contribution in [1.82, 2.24) is 9.88 Å². The highest BCUT2D eigenvalue weighted by Crippen LogP contribution is 2.35. The molecule has 114 valence electrons. The Morgan fingerprint density at radius 1 is 1.24 bits per heavy atom. The number of piperidine rings is 1. The molecule has 1 N–H and O–H groups in total. The molecule has 5 nitrogen and oxygen atoms in total. The van der Waals surface area contributed by atoms with Gasteiger partial charge in [0.25, 0.3) is 5.91 Å². The molecule has 0 unspecified atom stereocenters. The summed E-state index contributed by atoms with van der Waals surface area (Å²) < 4.78 is 5.12. The van der Waals surface area contributed by atoms with Gasteiger partial charge in [-0.3, -0.25) is 4.79 Å². The number of hydrogen-bond donors (Lipinski definition) is 1. The van der Waals surface area contributed by atoms with Crippen LogP contribution in [0.4, 0.5) is 0 Å². The second kappa shape index (κ2) is 6.33. The number of H-pyrrole nitrogens is 1. The van der Waals surface area contributed by atoms with E-state index in [0.29, 0.717) is 17.7 Å². The topological polar surface area (TPSA) is 62.4 Å². The first-order valence-electron chi connectivity index (χ1n) is 7.85. The number of carbonyl (C=O) groups is 2. The third-order valence-electron chi connectivity index (χ3n) is 4.71. The lowest BCUT2D eigenvalue weighted by Gasteiger charge is -2.44. The molecule has 1 saturated heterocycles. The second-order valence-corrected chi connectivity index (χ2v) is 6.00. The molecule has 2 atom stereocenters. The fourth-order valence-corrected chi connectivity index (χ4v) is 3.68. The number of hydrogen-bond acceptors (Lipinski definition) is 3. The van der Waals surface area contributed by atoms with Crippen LogP contribution in [-0.4, -0.2) is 41.0 Å². The summed E-state index contributed by atoms with van der Waals surface area (Å²) in [6.45, 7) is 0.654. The van der Waals surface area contributed by atoms with Gasteiger partial charge in [0, 0.05) is 18.8 Å². The Morgan fingerprint density at radius 2 is 2.05 bits per heavy atom. The minimum Gasteiger partial charge on any atom is -0.451 e. The number of nitrogens with zero attached hydrogens (tertiary/aromatic N) is 1. The number of likely N-dealkylation sites (tertiary alicyclic amines) is 1. The predicted molar refractivity (Wildman–Crippen MR) is 77.8 cm³/mol. The van der Waals surface area contributed by atoms with Gasteiger partial charge >= 0.3 is 5.97 Å². The summed E-state index contributed by atoms with van der Waals surface area (Å²) in [4.78, 5) is 28.9. The van der Waals surface area contributed by atoms with Gasteiger partial charge in [-0.2, -0.15) is 0 Å². The van der Waals surface area contributed by atoms with Crippen LogP contribution in [-0.2, 0) is 9.53 Å². The standard InChI is InChI=1S/C16H22N2O3/c19-15(11-21-16(20)13-7-3-9-17-13)18-10-4-6-12-5-1-2-8-14(12)18/h3,7,9,12,14,17H,1-2,4-6,8,10-11H2/t12-,14+/m1/s1. The van der Waals surface area contributed by atoms with Gasteiger partial charge in [-0.15, -0.1) is 0 Å². The fourth-order valence-electron chi connectivity index (χ4n) is 3.68. The average molecular weight is 290 g/mol. The summed E-state index contributed by atoms with van der Waals surface area (Å²) in [6.07, 6.45) is 8.78. The van der Waals surface area contributed by atoms with Gasteiger partial charge in [0.05, 0.1) is 0 Å². The summed E-state index contributed by atoms with van der Waals surface area (Å²) in [5, 5.41) is 0. The quantitative estimate of drug-likeness (QED) is 0.869. The highest BCUT2D eigenvalue weighted by Gasteiger charge is 2.35. The molecule has 2 heterocycles. The fraction of sp³-hybridized carbons (Fsp3) is 0.625. The van der Waals surface area contributed by atoms with E-state index in [0.717, 1.165) is 19.4 Å². The zero-order valence-corrected chi connectivity index (χ0v) is 12.2. The number of rotatable bonds is 3. The molecule has 1 aliphatic carbocycles. The molecule has 21 heavy (non-hydrogen) atoms. The molecule has 0 radical (unpaired) electrons. The van der Waals surface area contributed by atoms with Crippen LogP contribution in [0.2, 0.25) is 0 Å². The lowest BCUT2D eigenvalue weighted by Crippen LogP contribution is -2.50. The van der Waals surface area contributed by atoms with Crippen molar-refractivity contribution >= 4 is 11.9 Å². The maximum absolute atomic E-state index is 12.4. The maximum Gasteiger partial charge on any atom is 0.355 e. The molecule has 1 aromatic rings. The molecule has 1 aromatic heterocycles. The maximum atomic E-state index is 12.4. The van der Waals surface area contributed by atoms with Crippen LogP contribution < -0.4 is 0 Å². The van der Waals surface area contributed by atoms with E-state index in [1.165, 1.54) is 25.7 Å². The molecule has 0 spiro atoms. The van der Waals surface area contributed by atoms with Crippen LogP contribution in [0.3, 0.4) is 0 Å². The molecular weight excluding hydrogens is 268 g/mol. The second-order valence-electron chi connectivity index (χ2n) is 6.00. The van der Waals surface area contributed by atoms with Gasteiger partial charge in [0.1, 0.15) is 5.69 Å². The third kappa shape index (κ3) is 3.12. The molecule has 3 rings (SSSR count). The minimum absolute atomic E-state index is 0.0495. The SMILES string of the molecule is O=C(OCC(=O)N1CCC[C@H]2CCCC[C@@H]21)c1ccc[nH]1. The van der Waals surface area contributed by atoms with E-state index in [1.54, 1.807) is 18.3 Å². The Bertz CT molecular complexity index is 496. The Morgan fingerprint density at radius 3 is 2.86 bits per heavy atom. The number of ether oxygens (including phenoxy) is 1. The van der Waals surface area contributed by atoms with Crippen LogP contribution in [0.5, 0.6) is 0 Å². The molecule has 1 aliphatic heterocycles. The third-order valence-corrected chi connectivity index (χ3v) is 4.71. The van der Waals surface area contributed by atoms with E-state index in [1.807, 2.05) is 4.90 Å². The zero-order valence-electron chi connectivity index (χ0n) is 12.2. The molecule has 2 fully saturated rings. The van der Waals surface area contributed by atoms with Crippen molar-refractivity contribution in [2.75, 3.05) is 13.2 Å². The highest BCUT2D eigenvalue weighted by molar-refractivity contribution is 5.89. The van der Waals surface area contributed by atoms with E-state index < -0.39 is 5.97 Å². The van der Waals surface area contributed by atoms with Gasteiger partial charge < -0.3 is 14.6 Å². The van der Waals surface area contributed by atoms with E-state index in [2.05, 4.69) is 4.98 Å². The summed E-state index contributed by atoms with van der Waals surface area (Å²) in [5.41, 5.74) is 0.386. The van der Waals surface area contributed by atoms with Crippen LogP contribution >= 0.6 is 0 Å². The Labute approximate surface area is 124 Å². The Hall–Kier alpha value is -1.78. The number of fused-ring (bicyclic) bond motifs is 1. The average Bonchev–Trinajstić information content (AvgIpc) is 3.06. The normalized spacial score (nSPS) is 25.2. The van der Waals surface area contributed by atoms with Crippen LogP contribution in [0, 0.1) is 5.92 Å². The first-order valence-corrected chi connectivity index (χ1v) is 7.85. The van der Waals surface area contributed by atoms with E-state index >= 15 is 0 Å². The van der Waals surface area contributed by atoms with Gasteiger partial charge in [0.15, 0.2) is 6.61 Å². The molecule has 1 amide bonds.